The Balaban J connectivity index is 2.06. The molecule has 2 aromatic heterocycles. The van der Waals surface area contributed by atoms with E-state index in [-0.39, 0.29) is 11.6 Å². The highest BCUT2D eigenvalue weighted by molar-refractivity contribution is 7.10. The Morgan fingerprint density at radius 2 is 2.44 bits per heavy atom. The van der Waals surface area contributed by atoms with Gasteiger partial charge in [0.15, 0.2) is 0 Å². The van der Waals surface area contributed by atoms with Gasteiger partial charge in [-0.05, 0) is 18.4 Å². The summed E-state index contributed by atoms with van der Waals surface area (Å²) in [7, 11) is 1.75. The molecule has 0 spiro atoms. The number of thiophene rings is 1. The number of aryl methyl sites for hydroxylation is 1. The molecule has 0 aromatic carbocycles. The summed E-state index contributed by atoms with van der Waals surface area (Å²) < 4.78 is 1.59. The van der Waals surface area contributed by atoms with E-state index in [1.807, 2.05) is 11.4 Å². The van der Waals surface area contributed by atoms with Gasteiger partial charge in [0.05, 0.1) is 11.9 Å². The van der Waals surface area contributed by atoms with Gasteiger partial charge in [0, 0.05) is 24.5 Å². The van der Waals surface area contributed by atoms with Gasteiger partial charge in [0.1, 0.15) is 5.56 Å². The quantitative estimate of drug-likeness (QED) is 0.868. The molecule has 0 saturated heterocycles. The lowest BCUT2D eigenvalue weighted by Crippen LogP contribution is -2.20. The Morgan fingerprint density at radius 3 is 3.06 bits per heavy atom. The zero-order chi connectivity index (χ0) is 13.1. The summed E-state index contributed by atoms with van der Waals surface area (Å²) in [6.07, 6.45) is 1.38. The first-order valence-corrected chi connectivity index (χ1v) is 6.48. The van der Waals surface area contributed by atoms with Gasteiger partial charge in [0.25, 0.3) is 0 Å². The molecule has 2 rings (SSSR count). The van der Waals surface area contributed by atoms with Crippen LogP contribution in [-0.4, -0.2) is 20.9 Å². The van der Waals surface area contributed by atoms with E-state index in [0.29, 0.717) is 12.2 Å². The number of aromatic nitrogens is 2. The Hall–Kier alpha value is -1.66. The molecule has 0 aliphatic carbocycles. The third-order valence-electron chi connectivity index (χ3n) is 2.84. The number of carboxylic acid groups (broad SMARTS) is 1. The number of carbonyl (C=O) groups is 1. The predicted octanol–water partition coefficient (Wildman–Crippen LogP) is 2.03. The molecule has 6 heteroatoms. The summed E-state index contributed by atoms with van der Waals surface area (Å²) >= 11 is 1.68. The Labute approximate surface area is 109 Å². The van der Waals surface area contributed by atoms with Crippen LogP contribution < -0.4 is 5.32 Å². The summed E-state index contributed by atoms with van der Waals surface area (Å²) in [6, 6.07) is 4.26. The summed E-state index contributed by atoms with van der Waals surface area (Å²) in [5.41, 5.74) is 0.939. The van der Waals surface area contributed by atoms with Crippen LogP contribution >= 0.6 is 11.3 Å². The van der Waals surface area contributed by atoms with Gasteiger partial charge in [-0.25, -0.2) is 4.79 Å². The predicted molar refractivity (Wildman–Crippen MR) is 69.7 cm³/mol. The highest BCUT2D eigenvalue weighted by Gasteiger charge is 2.15. The van der Waals surface area contributed by atoms with E-state index < -0.39 is 5.97 Å². The lowest BCUT2D eigenvalue weighted by atomic mass is 10.2. The van der Waals surface area contributed by atoms with E-state index in [4.69, 9.17) is 5.11 Å². The number of nitrogens with one attached hydrogen (secondary N) is 1. The maximum absolute atomic E-state index is 11.0. The van der Waals surface area contributed by atoms with E-state index in [2.05, 4.69) is 23.4 Å². The average Bonchev–Trinajstić information content (AvgIpc) is 2.95. The van der Waals surface area contributed by atoms with Crippen LogP contribution in [0, 0.1) is 0 Å². The molecule has 5 nitrogen and oxygen atoms in total. The van der Waals surface area contributed by atoms with Crippen LogP contribution in [0.1, 0.15) is 33.9 Å². The monoisotopic (exact) mass is 265 g/mol. The van der Waals surface area contributed by atoms with E-state index in [1.54, 1.807) is 23.1 Å². The summed E-state index contributed by atoms with van der Waals surface area (Å²) in [6.45, 7) is 2.54. The second kappa shape index (κ2) is 5.32. The molecule has 2 heterocycles. The van der Waals surface area contributed by atoms with E-state index in [9.17, 15) is 4.79 Å². The van der Waals surface area contributed by atoms with Gasteiger partial charge < -0.3 is 10.4 Å². The first kappa shape index (κ1) is 12.8. The van der Waals surface area contributed by atoms with Crippen molar-refractivity contribution in [2.75, 3.05) is 0 Å². The molecule has 0 radical (unpaired) electrons. The van der Waals surface area contributed by atoms with Crippen LogP contribution in [0.5, 0.6) is 0 Å². The normalized spacial score (nSPS) is 12.6. The number of rotatable bonds is 5. The Morgan fingerprint density at radius 1 is 1.67 bits per heavy atom. The molecular formula is C12H15N3O2S. The minimum absolute atomic E-state index is 0.196. The molecule has 18 heavy (non-hydrogen) atoms. The van der Waals surface area contributed by atoms with Crippen molar-refractivity contribution in [3.63, 3.8) is 0 Å². The lowest BCUT2D eigenvalue weighted by Gasteiger charge is -2.12. The molecule has 2 N–H and O–H groups in total. The maximum atomic E-state index is 11.0. The molecule has 0 fully saturated rings. The zero-order valence-corrected chi connectivity index (χ0v) is 11.1. The summed E-state index contributed by atoms with van der Waals surface area (Å²) in [5.74, 6) is -0.941. The largest absolute Gasteiger partial charge is 0.478 e. The zero-order valence-electron chi connectivity index (χ0n) is 10.3. The van der Waals surface area contributed by atoms with Crippen LogP contribution in [0.3, 0.4) is 0 Å². The van der Waals surface area contributed by atoms with Crippen LogP contribution in [0.4, 0.5) is 0 Å². The standard InChI is InChI=1S/C12H15N3O2S/c1-8(11-4-3-5-18-11)13-7-10-9(12(16)17)6-14-15(10)2/h3-6,8,13H,7H2,1-2H3,(H,16,17)/t8-/m0/s1. The molecule has 0 aliphatic rings. The molecule has 0 saturated carbocycles. The van der Waals surface area contributed by atoms with E-state index in [1.165, 1.54) is 11.1 Å². The highest BCUT2D eigenvalue weighted by Crippen LogP contribution is 2.19. The fraction of sp³-hybridized carbons (Fsp3) is 0.333. The van der Waals surface area contributed by atoms with Crippen LogP contribution in [0.2, 0.25) is 0 Å². The van der Waals surface area contributed by atoms with Gasteiger partial charge in [-0.15, -0.1) is 11.3 Å². The SMILES string of the molecule is C[C@H](NCc1c(C(=O)O)cnn1C)c1cccs1. The third-order valence-corrected chi connectivity index (χ3v) is 3.89. The van der Waals surface area contributed by atoms with Crippen molar-refractivity contribution >= 4 is 17.3 Å². The molecule has 2 aromatic rings. The van der Waals surface area contributed by atoms with Gasteiger partial charge in [-0.2, -0.15) is 5.10 Å². The number of carboxylic acids is 1. The fourth-order valence-electron chi connectivity index (χ4n) is 1.74. The number of hydrogen-bond acceptors (Lipinski definition) is 4. The van der Waals surface area contributed by atoms with Gasteiger partial charge >= 0.3 is 5.97 Å². The first-order chi connectivity index (χ1) is 8.59. The smallest absolute Gasteiger partial charge is 0.339 e. The second-order valence-electron chi connectivity index (χ2n) is 4.05. The maximum Gasteiger partial charge on any atom is 0.339 e. The molecule has 0 bridgehead atoms. The molecule has 96 valence electrons. The molecule has 0 amide bonds. The minimum Gasteiger partial charge on any atom is -0.478 e. The second-order valence-corrected chi connectivity index (χ2v) is 5.03. The van der Waals surface area contributed by atoms with Crippen LogP contribution in [0.15, 0.2) is 23.7 Å². The van der Waals surface area contributed by atoms with E-state index in [0.717, 1.165) is 0 Å². The van der Waals surface area contributed by atoms with Gasteiger partial charge in [-0.1, -0.05) is 6.07 Å². The number of nitrogens with zero attached hydrogens (tertiary/aromatic N) is 2. The van der Waals surface area contributed by atoms with E-state index >= 15 is 0 Å². The summed E-state index contributed by atoms with van der Waals surface area (Å²) in [5, 5.41) is 18.4. The van der Waals surface area contributed by atoms with Crippen LogP contribution in [-0.2, 0) is 13.6 Å². The topological polar surface area (TPSA) is 67.2 Å². The van der Waals surface area contributed by atoms with Crippen molar-refractivity contribution in [3.05, 3.63) is 39.8 Å². The molecular weight excluding hydrogens is 250 g/mol. The minimum atomic E-state index is -0.941. The average molecular weight is 265 g/mol. The molecule has 1 atom stereocenters. The van der Waals surface area contributed by atoms with Crippen molar-refractivity contribution in [1.82, 2.24) is 15.1 Å². The van der Waals surface area contributed by atoms with Crippen molar-refractivity contribution in [3.8, 4) is 0 Å². The van der Waals surface area contributed by atoms with Crippen molar-refractivity contribution in [2.45, 2.75) is 19.5 Å². The van der Waals surface area contributed by atoms with Gasteiger partial charge in [-0.3, -0.25) is 4.68 Å². The summed E-state index contributed by atoms with van der Waals surface area (Å²) in [4.78, 5) is 12.3. The number of aromatic carboxylic acids is 1. The fourth-order valence-corrected chi connectivity index (χ4v) is 2.50. The molecule has 0 aliphatic heterocycles. The lowest BCUT2D eigenvalue weighted by molar-refractivity contribution is 0.0695. The highest BCUT2D eigenvalue weighted by atomic mass is 32.1. The van der Waals surface area contributed by atoms with Crippen molar-refractivity contribution in [2.24, 2.45) is 7.05 Å². The van der Waals surface area contributed by atoms with Crippen molar-refractivity contribution < 1.29 is 9.90 Å². The van der Waals surface area contributed by atoms with Crippen LogP contribution in [0.25, 0.3) is 0 Å². The van der Waals surface area contributed by atoms with Gasteiger partial charge in [0.2, 0.25) is 0 Å². The number of hydrogen-bond donors (Lipinski definition) is 2. The first-order valence-electron chi connectivity index (χ1n) is 5.60. The molecule has 0 unspecified atom stereocenters. The third kappa shape index (κ3) is 2.60. The Bertz CT molecular complexity index is 534. The van der Waals surface area contributed by atoms with Crippen molar-refractivity contribution in [1.29, 1.82) is 0 Å². The Kier molecular flexibility index (Phi) is 3.78.